The van der Waals surface area contributed by atoms with Crippen molar-refractivity contribution in [2.45, 2.75) is 10.6 Å². The van der Waals surface area contributed by atoms with Crippen LogP contribution in [0.3, 0.4) is 0 Å². The van der Waals surface area contributed by atoms with Crippen LogP contribution in [-0.2, 0) is 5.50 Å². The molecule has 8 heteroatoms. The lowest BCUT2D eigenvalue weighted by Crippen LogP contribution is -2.44. The molecule has 1 unspecified atom stereocenters. The molecule has 4 nitrogen and oxygen atoms in total. The zero-order valence-corrected chi connectivity index (χ0v) is 24.3. The van der Waals surface area contributed by atoms with Gasteiger partial charge in [0.1, 0.15) is 5.82 Å². The predicted octanol–water partition coefficient (Wildman–Crippen LogP) is 3.81. The highest BCUT2D eigenvalue weighted by atomic mass is 16.3. The van der Waals surface area contributed by atoms with E-state index in [-0.39, 0.29) is 0 Å². The molecule has 0 spiro atoms. The Morgan fingerprint density at radius 3 is 1.74 bits per heavy atom. The summed E-state index contributed by atoms with van der Waals surface area (Å²) >= 11 is 0. The van der Waals surface area contributed by atoms with Crippen molar-refractivity contribution in [3.63, 3.8) is 0 Å². The molecular weight excluding hydrogens is 510 g/mol. The van der Waals surface area contributed by atoms with Crippen molar-refractivity contribution in [2.75, 3.05) is 0 Å². The van der Waals surface area contributed by atoms with E-state index < -0.39 is 10.6 Å². The molecule has 7 aromatic rings. The highest BCUT2D eigenvalue weighted by molar-refractivity contribution is 6.62. The third-order valence-electron chi connectivity index (χ3n) is 8.77. The number of nitrogens with zero attached hydrogens (tertiary/aromatic N) is 3. The molecule has 0 amide bonds. The number of fused-ring (bicyclic) bond motifs is 3. The van der Waals surface area contributed by atoms with E-state index in [1.54, 1.807) is 0 Å². The fourth-order valence-electron chi connectivity index (χ4n) is 6.04. The third kappa shape index (κ3) is 4.01. The predicted molar refractivity (Wildman–Crippen MR) is 186 cm³/mol. The maximum absolute atomic E-state index is 12.1. The summed E-state index contributed by atoms with van der Waals surface area (Å²) in [6.07, 6.45) is 3.69. The molecule has 0 aliphatic rings. The number of rotatable bonds is 5. The first-order valence-electron chi connectivity index (χ1n) is 14.4. The van der Waals surface area contributed by atoms with Gasteiger partial charge in [0.15, 0.2) is 7.85 Å². The molecule has 1 atom stereocenters. The molecular formula is C34H29B4N3O. The Hall–Kier alpha value is -4.54. The van der Waals surface area contributed by atoms with E-state index in [9.17, 15) is 5.11 Å². The Labute approximate surface area is 249 Å². The van der Waals surface area contributed by atoms with Crippen LogP contribution in [0.1, 0.15) is 5.82 Å². The van der Waals surface area contributed by atoms with Gasteiger partial charge >= 0.3 is 0 Å². The highest BCUT2D eigenvalue weighted by Gasteiger charge is 2.41. The number of para-hydroxylation sites is 2. The number of aromatic nitrogens is 3. The van der Waals surface area contributed by atoms with Gasteiger partial charge in [-0.3, -0.25) is 9.55 Å². The molecule has 2 heterocycles. The van der Waals surface area contributed by atoms with Crippen molar-refractivity contribution in [1.82, 2.24) is 14.5 Å². The third-order valence-corrected chi connectivity index (χ3v) is 8.77. The van der Waals surface area contributed by atoms with Crippen molar-refractivity contribution in [1.29, 1.82) is 0 Å². The molecule has 0 aliphatic heterocycles. The van der Waals surface area contributed by atoms with E-state index in [0.29, 0.717) is 5.82 Å². The largest absolute Gasteiger partial charge is 0.393 e. The van der Waals surface area contributed by atoms with Crippen LogP contribution in [0.25, 0.3) is 60.5 Å². The molecule has 1 N–H and O–H groups in total. The highest BCUT2D eigenvalue weighted by Crippen LogP contribution is 2.46. The minimum atomic E-state index is -1.21. The molecule has 0 saturated carbocycles. The Kier molecular flexibility index (Phi) is 6.14. The smallest absolute Gasteiger partial charge is 0.150 e. The quantitative estimate of drug-likeness (QED) is 0.268. The number of imidazole rings is 1. The van der Waals surface area contributed by atoms with Gasteiger partial charge in [0, 0.05) is 23.2 Å². The SMILES string of the molecule is BC(B)(B)C(B)(O)c1nc2ccccc2n1-c1c2ccccc2c(-c2ccccc2-c2ccncc2)c2ccccc12. The Bertz CT molecular complexity index is 2060. The average Bonchev–Trinajstić information content (AvgIpc) is 3.40. The molecule has 5 aromatic carbocycles. The molecule has 7 rings (SSSR count). The Morgan fingerprint density at radius 1 is 0.595 bits per heavy atom. The van der Waals surface area contributed by atoms with Gasteiger partial charge in [-0.1, -0.05) is 90.0 Å². The van der Waals surface area contributed by atoms with Crippen LogP contribution in [0, 0.1) is 0 Å². The average molecular weight is 539 g/mol. The number of pyridine rings is 1. The summed E-state index contributed by atoms with van der Waals surface area (Å²) in [6.45, 7) is 0. The minimum Gasteiger partial charge on any atom is -0.393 e. The summed E-state index contributed by atoms with van der Waals surface area (Å²) in [4.78, 5) is 9.34. The summed E-state index contributed by atoms with van der Waals surface area (Å²) in [5.41, 5.74) is 6.29. The van der Waals surface area contributed by atoms with Crippen LogP contribution in [0.5, 0.6) is 0 Å². The van der Waals surface area contributed by atoms with Gasteiger partial charge in [-0.2, -0.15) is 0 Å². The first kappa shape index (κ1) is 26.4. The molecule has 0 saturated heterocycles. The summed E-state index contributed by atoms with van der Waals surface area (Å²) in [7, 11) is 8.07. The molecule has 198 valence electrons. The lowest BCUT2D eigenvalue weighted by Gasteiger charge is -2.38. The van der Waals surface area contributed by atoms with Crippen LogP contribution < -0.4 is 0 Å². The number of hydrogen-bond donors (Lipinski definition) is 1. The lowest BCUT2D eigenvalue weighted by molar-refractivity contribution is 0.118. The van der Waals surface area contributed by atoms with Gasteiger partial charge in [-0.25, -0.2) is 4.98 Å². The van der Waals surface area contributed by atoms with Crippen molar-refractivity contribution in [3.05, 3.63) is 127 Å². The monoisotopic (exact) mass is 539 g/mol. The van der Waals surface area contributed by atoms with Crippen molar-refractivity contribution in [3.8, 4) is 27.9 Å². The second-order valence-electron chi connectivity index (χ2n) is 12.2. The normalized spacial score (nSPS) is 13.5. The standard InChI is InChI=1S/C34H29B4N3O/c35-33(42,34(36,37)38)32-40-28-15-7-8-16-29(28)41(32)31-26-13-5-3-11-24(26)30(25-12-4-6-14-27(25)31)23-10-2-1-9-22(23)21-17-19-39-20-18-21/h1-20,42H,35-38H2. The summed E-state index contributed by atoms with van der Waals surface area (Å²) in [6, 6.07) is 38.1. The maximum Gasteiger partial charge on any atom is 0.150 e. The van der Waals surface area contributed by atoms with Crippen molar-refractivity contribution >= 4 is 64.0 Å². The van der Waals surface area contributed by atoms with Crippen LogP contribution in [0.2, 0.25) is 5.11 Å². The summed E-state index contributed by atoms with van der Waals surface area (Å²) in [5.74, 6) is 0.636. The zero-order chi connectivity index (χ0) is 29.1. The van der Waals surface area contributed by atoms with Crippen LogP contribution in [0.15, 0.2) is 122 Å². The first-order valence-corrected chi connectivity index (χ1v) is 14.4. The number of aliphatic hydroxyl groups is 1. The molecule has 2 aromatic heterocycles. The van der Waals surface area contributed by atoms with Crippen LogP contribution in [-0.4, -0.2) is 51.0 Å². The van der Waals surface area contributed by atoms with Crippen molar-refractivity contribution < 1.29 is 5.11 Å². The number of hydrogen-bond acceptors (Lipinski definition) is 3. The van der Waals surface area contributed by atoms with Gasteiger partial charge in [0.05, 0.1) is 45.8 Å². The minimum absolute atomic E-state index is 0.457. The molecule has 42 heavy (non-hydrogen) atoms. The van der Waals surface area contributed by atoms with Crippen molar-refractivity contribution in [2.24, 2.45) is 0 Å². The molecule has 0 fully saturated rings. The Balaban J connectivity index is 1.66. The fraction of sp³-hybridized carbons (Fsp3) is 0.0588. The second kappa shape index (κ2) is 9.78. The van der Waals surface area contributed by atoms with Gasteiger partial charge in [-0.05, 0) is 57.3 Å². The Morgan fingerprint density at radius 2 is 1.12 bits per heavy atom. The summed E-state index contributed by atoms with van der Waals surface area (Å²) < 4.78 is 2.20. The topological polar surface area (TPSA) is 50.9 Å². The zero-order valence-electron chi connectivity index (χ0n) is 24.3. The van der Waals surface area contributed by atoms with E-state index in [2.05, 4.69) is 124 Å². The van der Waals surface area contributed by atoms with Gasteiger partial charge < -0.3 is 5.11 Å². The summed E-state index contributed by atoms with van der Waals surface area (Å²) in [5, 5.41) is 16.2. The molecule has 0 radical (unpaired) electrons. The second-order valence-corrected chi connectivity index (χ2v) is 12.2. The molecule has 0 aliphatic carbocycles. The van der Waals surface area contributed by atoms with Crippen LogP contribution in [0.4, 0.5) is 0 Å². The first-order chi connectivity index (χ1) is 20.3. The van der Waals surface area contributed by atoms with E-state index >= 15 is 0 Å². The maximum atomic E-state index is 12.1. The van der Waals surface area contributed by atoms with Gasteiger partial charge in [0.25, 0.3) is 0 Å². The van der Waals surface area contributed by atoms with E-state index in [0.717, 1.165) is 49.4 Å². The van der Waals surface area contributed by atoms with E-state index in [4.69, 9.17) is 4.98 Å². The number of benzene rings is 5. The van der Waals surface area contributed by atoms with Crippen LogP contribution >= 0.6 is 0 Å². The molecule has 0 bridgehead atoms. The fourth-order valence-corrected chi connectivity index (χ4v) is 6.04. The van der Waals surface area contributed by atoms with E-state index in [1.165, 1.54) is 11.1 Å². The van der Waals surface area contributed by atoms with Gasteiger partial charge in [-0.15, -0.1) is 0 Å². The van der Waals surface area contributed by atoms with E-state index in [1.807, 2.05) is 38.4 Å². The lowest BCUT2D eigenvalue weighted by atomic mass is 9.32. The van der Waals surface area contributed by atoms with Gasteiger partial charge in [0.2, 0.25) is 0 Å².